The van der Waals surface area contributed by atoms with Crippen molar-refractivity contribution < 1.29 is 37.1 Å². The number of nitrogens with one attached hydrogen (secondary N) is 1. The first kappa shape index (κ1) is 34.9. The fourth-order valence-corrected chi connectivity index (χ4v) is 8.16. The van der Waals surface area contributed by atoms with Gasteiger partial charge in [0.2, 0.25) is 21.8 Å². The van der Waals surface area contributed by atoms with Crippen LogP contribution in [0.2, 0.25) is 0 Å². The quantitative estimate of drug-likeness (QED) is 0.318. The highest BCUT2D eigenvalue weighted by molar-refractivity contribution is 7.90. The second-order valence-corrected chi connectivity index (χ2v) is 16.6. The molecule has 4 aliphatic rings. The smallest absolute Gasteiger partial charge is 0.306 e. The number of cyclic esters (lactones) is 1. The van der Waals surface area contributed by atoms with E-state index in [9.17, 15) is 27.6 Å². The summed E-state index contributed by atoms with van der Waals surface area (Å²) in [4.78, 5) is 56.5. The molecule has 3 fully saturated rings. The lowest BCUT2D eigenvalue weighted by Crippen LogP contribution is -2.48. The van der Waals surface area contributed by atoms with E-state index in [1.54, 1.807) is 6.08 Å². The van der Waals surface area contributed by atoms with Crippen LogP contribution in [0.3, 0.4) is 0 Å². The van der Waals surface area contributed by atoms with E-state index >= 15 is 0 Å². The maximum Gasteiger partial charge on any atom is 0.306 e. The van der Waals surface area contributed by atoms with Crippen molar-refractivity contribution in [2.24, 2.45) is 22.7 Å². The molecule has 0 radical (unpaired) electrons. The number of nitrogens with zero attached hydrogens (tertiary/aromatic N) is 1. The third kappa shape index (κ3) is 8.16. The highest BCUT2D eigenvalue weighted by Gasteiger charge is 2.61. The summed E-state index contributed by atoms with van der Waals surface area (Å²) in [7, 11) is -3.82. The summed E-state index contributed by atoms with van der Waals surface area (Å²) in [5.41, 5.74) is -0.975. The minimum Gasteiger partial charge on any atom is -0.488 e. The monoisotopic (exact) mass is 668 g/mol. The van der Waals surface area contributed by atoms with Gasteiger partial charge in [0.1, 0.15) is 11.9 Å². The Labute approximate surface area is 278 Å². The molecule has 2 heterocycles. The molecule has 11 heteroatoms. The van der Waals surface area contributed by atoms with Crippen molar-refractivity contribution in [1.82, 2.24) is 9.62 Å². The SMILES string of the molecule is C=C[C@@H]1C[C@]1(CC(=O)[C@@H]1C[C@@H]2CN1C(=O)[C@H](C(C)(C)C)CC(=O)OCCCCC/C=C/c1ccccc1O2)C(=O)NS(=O)(=O)C1CC1. The molecule has 2 amide bonds. The van der Waals surface area contributed by atoms with Gasteiger partial charge in [-0.2, -0.15) is 0 Å². The fourth-order valence-electron chi connectivity index (χ4n) is 6.77. The van der Waals surface area contributed by atoms with Crippen LogP contribution in [-0.2, 0) is 33.9 Å². The highest BCUT2D eigenvalue weighted by Crippen LogP contribution is 2.57. The Bertz CT molecular complexity index is 1530. The maximum atomic E-state index is 14.4. The lowest BCUT2D eigenvalue weighted by Gasteiger charge is -2.34. The lowest BCUT2D eigenvalue weighted by molar-refractivity contribution is -0.153. The van der Waals surface area contributed by atoms with Crippen molar-refractivity contribution in [2.75, 3.05) is 13.2 Å². The number of amides is 2. The van der Waals surface area contributed by atoms with Gasteiger partial charge >= 0.3 is 5.97 Å². The number of ether oxygens (including phenoxy) is 2. The number of ketones is 1. The number of rotatable bonds is 7. The van der Waals surface area contributed by atoms with Crippen molar-refractivity contribution in [1.29, 1.82) is 0 Å². The molecule has 1 saturated heterocycles. The zero-order valence-corrected chi connectivity index (χ0v) is 28.6. The van der Waals surface area contributed by atoms with Gasteiger partial charge in [0, 0.05) is 18.4 Å². The Kier molecular flexibility index (Phi) is 10.3. The lowest BCUT2D eigenvalue weighted by atomic mass is 9.77. The number of Topliss-reactive ketones (excluding diaryl/α,β-unsaturated/α-hetero) is 1. The second kappa shape index (κ2) is 13.9. The molecule has 1 aromatic rings. The molecule has 1 aromatic carbocycles. The molecule has 47 heavy (non-hydrogen) atoms. The van der Waals surface area contributed by atoms with Gasteiger partial charge in [0.15, 0.2) is 5.78 Å². The van der Waals surface area contributed by atoms with Crippen molar-refractivity contribution in [3.63, 3.8) is 0 Å². The Morgan fingerprint density at radius 3 is 2.55 bits per heavy atom. The summed E-state index contributed by atoms with van der Waals surface area (Å²) in [5.74, 6) is -2.33. The van der Waals surface area contributed by atoms with E-state index in [-0.39, 0.29) is 50.0 Å². The van der Waals surface area contributed by atoms with Crippen molar-refractivity contribution in [3.8, 4) is 5.75 Å². The number of esters is 1. The molecule has 0 aromatic heterocycles. The number of para-hydroxylation sites is 1. The van der Waals surface area contributed by atoms with Crippen LogP contribution < -0.4 is 9.46 Å². The summed E-state index contributed by atoms with van der Waals surface area (Å²) in [5, 5.41) is -0.585. The van der Waals surface area contributed by atoms with Gasteiger partial charge in [-0.3, -0.25) is 23.9 Å². The Morgan fingerprint density at radius 2 is 1.87 bits per heavy atom. The largest absolute Gasteiger partial charge is 0.488 e. The number of hydrogen-bond acceptors (Lipinski definition) is 8. The maximum absolute atomic E-state index is 14.4. The van der Waals surface area contributed by atoms with E-state index in [0.717, 1.165) is 31.2 Å². The van der Waals surface area contributed by atoms with E-state index in [1.165, 1.54) is 4.90 Å². The van der Waals surface area contributed by atoms with Crippen LogP contribution in [0.5, 0.6) is 5.75 Å². The minimum atomic E-state index is -3.82. The van der Waals surface area contributed by atoms with Crippen LogP contribution in [-0.4, -0.2) is 67.4 Å². The summed E-state index contributed by atoms with van der Waals surface area (Å²) in [6.45, 7) is 9.87. The van der Waals surface area contributed by atoms with Gasteiger partial charge in [0.25, 0.3) is 0 Å². The predicted octanol–water partition coefficient (Wildman–Crippen LogP) is 4.98. The Morgan fingerprint density at radius 1 is 1.13 bits per heavy atom. The van der Waals surface area contributed by atoms with E-state index in [1.807, 2.05) is 51.1 Å². The summed E-state index contributed by atoms with van der Waals surface area (Å²) >= 11 is 0. The zero-order valence-electron chi connectivity index (χ0n) is 27.7. The summed E-state index contributed by atoms with van der Waals surface area (Å²) in [6.07, 6.45) is 9.72. The standard InChI is InChI=1S/C36H48N2O8S/c1-5-25-21-36(25,34(42)37-47(43,44)27-16-17-27)22-30(39)29-19-26-23-38(29)33(41)28(35(2,3)4)20-32(40)45-18-12-8-6-7-9-13-24-14-10-11-15-31(24)46-26/h5,9-11,13-15,25-29H,1,6-8,12,16-23H2,2-4H3,(H,37,42)/b13-9+/t25-,26-,28-,29+,36-/m1/s1. The molecule has 5 rings (SSSR count). The van der Waals surface area contributed by atoms with Gasteiger partial charge in [0.05, 0.1) is 42.2 Å². The first-order chi connectivity index (χ1) is 22.2. The van der Waals surface area contributed by atoms with Gasteiger partial charge in [-0.15, -0.1) is 6.58 Å². The van der Waals surface area contributed by atoms with Crippen LogP contribution in [0.25, 0.3) is 6.08 Å². The van der Waals surface area contributed by atoms with E-state index in [4.69, 9.17) is 9.47 Å². The van der Waals surface area contributed by atoms with Gasteiger partial charge in [-0.25, -0.2) is 8.42 Å². The predicted molar refractivity (Wildman–Crippen MR) is 177 cm³/mol. The minimum absolute atomic E-state index is 0.120. The number of benzene rings is 1. The third-order valence-electron chi connectivity index (χ3n) is 9.98. The second-order valence-electron chi connectivity index (χ2n) is 14.6. The van der Waals surface area contributed by atoms with Gasteiger partial charge in [-0.1, -0.05) is 57.2 Å². The van der Waals surface area contributed by atoms with Gasteiger partial charge in [-0.05, 0) is 62.3 Å². The Hall–Kier alpha value is -3.47. The highest BCUT2D eigenvalue weighted by atomic mass is 32.2. The number of carbonyl (C=O) groups excluding carboxylic acids is 4. The van der Waals surface area contributed by atoms with Crippen molar-refractivity contribution >= 4 is 39.7 Å². The average molecular weight is 669 g/mol. The molecule has 10 nitrogen and oxygen atoms in total. The molecular weight excluding hydrogens is 620 g/mol. The average Bonchev–Trinajstić information content (AvgIpc) is 3.93. The molecule has 0 spiro atoms. The van der Waals surface area contributed by atoms with E-state index < -0.39 is 56.0 Å². The Balaban J connectivity index is 1.44. The molecule has 0 unspecified atom stereocenters. The van der Waals surface area contributed by atoms with Crippen LogP contribution in [0.4, 0.5) is 0 Å². The fraction of sp³-hybridized carbons (Fsp3) is 0.611. The molecular formula is C36H48N2O8S. The molecule has 1 N–H and O–H groups in total. The van der Waals surface area contributed by atoms with Crippen LogP contribution in [0, 0.1) is 22.7 Å². The van der Waals surface area contributed by atoms with E-state index in [2.05, 4.69) is 17.4 Å². The van der Waals surface area contributed by atoms with Crippen LogP contribution in [0.1, 0.15) is 90.5 Å². The number of carbonyl (C=O) groups is 4. The van der Waals surface area contributed by atoms with Crippen molar-refractivity contribution in [2.45, 2.75) is 102 Å². The zero-order chi connectivity index (χ0) is 34.0. The molecule has 5 atom stereocenters. The summed E-state index contributed by atoms with van der Waals surface area (Å²) in [6, 6.07) is 6.71. The number of sulfonamides is 1. The van der Waals surface area contributed by atoms with Crippen LogP contribution in [0.15, 0.2) is 43.0 Å². The summed E-state index contributed by atoms with van der Waals surface area (Å²) < 4.78 is 39.5. The van der Waals surface area contributed by atoms with Crippen molar-refractivity contribution in [3.05, 3.63) is 48.6 Å². The number of hydrogen-bond donors (Lipinski definition) is 1. The third-order valence-corrected chi connectivity index (χ3v) is 11.8. The van der Waals surface area contributed by atoms with Crippen LogP contribution >= 0.6 is 0 Å². The molecule has 2 saturated carbocycles. The molecule has 2 aliphatic heterocycles. The molecule has 256 valence electrons. The number of fused-ring (bicyclic) bond motifs is 3. The normalized spacial score (nSPS) is 29.7. The molecule has 2 bridgehead atoms. The first-order valence-corrected chi connectivity index (χ1v) is 18.4. The number of allylic oxidation sites excluding steroid dienone is 2. The van der Waals surface area contributed by atoms with Gasteiger partial charge < -0.3 is 14.4 Å². The van der Waals surface area contributed by atoms with E-state index in [0.29, 0.717) is 25.0 Å². The topological polar surface area (TPSA) is 136 Å². The molecule has 2 aliphatic carbocycles. The first-order valence-electron chi connectivity index (χ1n) is 16.8.